The summed E-state index contributed by atoms with van der Waals surface area (Å²) in [7, 11) is 0. The van der Waals surface area contributed by atoms with Crippen LogP contribution < -0.4 is 5.73 Å². The van der Waals surface area contributed by atoms with Crippen molar-refractivity contribution in [3.8, 4) is 0 Å². The highest BCUT2D eigenvalue weighted by atomic mass is 16.6. The molecule has 2 N–H and O–H groups in total. The second kappa shape index (κ2) is 11.4. The van der Waals surface area contributed by atoms with Gasteiger partial charge in [0.05, 0.1) is 13.2 Å². The average Bonchev–Trinajstić information content (AvgIpc) is 2.73. The van der Waals surface area contributed by atoms with Crippen molar-refractivity contribution in [1.82, 2.24) is 4.90 Å². The summed E-state index contributed by atoms with van der Waals surface area (Å²) in [4.78, 5) is 37.4. The van der Waals surface area contributed by atoms with E-state index in [1.807, 2.05) is 30.3 Å². The molecule has 2 amide bonds. The number of amides is 2. The zero-order chi connectivity index (χ0) is 21.9. The average molecular weight is 410 g/mol. The van der Waals surface area contributed by atoms with Gasteiger partial charge in [-0.3, -0.25) is 9.69 Å². The number of primary amides is 1. The number of nitrogens with zero attached hydrogens (tertiary/aromatic N) is 1. The molecule has 0 aromatic heterocycles. The normalized spacial score (nSPS) is 10.6. The predicted octanol–water partition coefficient (Wildman–Crippen LogP) is 3.52. The standard InChI is InChI=1S/C23H26N2O5/c1-3-29-21(26)11-10-18-12-19(14-20(13-18)22(24)27)16-25(23(28)30-4-2)15-17-8-6-5-7-9-17/h5-14H,3-4,15-16H2,1-2H3,(H2,24,27)/b11-10+. The van der Waals surface area contributed by atoms with Crippen molar-refractivity contribution in [1.29, 1.82) is 0 Å². The second-order valence-electron chi connectivity index (χ2n) is 6.45. The molecule has 7 heteroatoms. The van der Waals surface area contributed by atoms with E-state index in [4.69, 9.17) is 15.2 Å². The number of esters is 1. The number of rotatable bonds is 9. The van der Waals surface area contributed by atoms with Crippen molar-refractivity contribution in [2.45, 2.75) is 26.9 Å². The van der Waals surface area contributed by atoms with Gasteiger partial charge in [0, 0.05) is 24.7 Å². The zero-order valence-electron chi connectivity index (χ0n) is 17.2. The van der Waals surface area contributed by atoms with Gasteiger partial charge in [0.15, 0.2) is 0 Å². The first-order chi connectivity index (χ1) is 14.4. The third-order valence-corrected chi connectivity index (χ3v) is 4.11. The summed E-state index contributed by atoms with van der Waals surface area (Å²) in [6, 6.07) is 14.5. The van der Waals surface area contributed by atoms with Crippen molar-refractivity contribution in [2.75, 3.05) is 13.2 Å². The van der Waals surface area contributed by atoms with Crippen LogP contribution in [0.4, 0.5) is 4.79 Å². The molecule has 0 saturated heterocycles. The first-order valence-corrected chi connectivity index (χ1v) is 9.67. The molecule has 0 heterocycles. The first-order valence-electron chi connectivity index (χ1n) is 9.67. The Kier molecular flexibility index (Phi) is 8.62. The molecular weight excluding hydrogens is 384 g/mol. The molecule has 2 rings (SSSR count). The molecule has 0 spiro atoms. The smallest absolute Gasteiger partial charge is 0.410 e. The Morgan fingerprint density at radius 1 is 0.933 bits per heavy atom. The van der Waals surface area contributed by atoms with Crippen molar-refractivity contribution >= 4 is 24.0 Å². The minimum Gasteiger partial charge on any atom is -0.463 e. The van der Waals surface area contributed by atoms with E-state index in [1.165, 1.54) is 11.0 Å². The summed E-state index contributed by atoms with van der Waals surface area (Å²) < 4.78 is 10.1. The van der Waals surface area contributed by atoms with Crippen LogP contribution in [0.25, 0.3) is 6.08 Å². The number of benzene rings is 2. The Labute approximate surface area is 176 Å². The maximum Gasteiger partial charge on any atom is 0.410 e. The van der Waals surface area contributed by atoms with Gasteiger partial charge in [-0.2, -0.15) is 0 Å². The Bertz CT molecular complexity index is 909. The summed E-state index contributed by atoms with van der Waals surface area (Å²) >= 11 is 0. The molecule has 0 bridgehead atoms. The number of carbonyl (C=O) groups is 3. The number of carbonyl (C=O) groups excluding carboxylic acids is 3. The maximum atomic E-state index is 12.5. The maximum absolute atomic E-state index is 12.5. The van der Waals surface area contributed by atoms with Crippen LogP contribution in [0.15, 0.2) is 54.6 Å². The number of hydrogen-bond acceptors (Lipinski definition) is 5. The van der Waals surface area contributed by atoms with E-state index < -0.39 is 18.0 Å². The molecule has 0 radical (unpaired) electrons. The Balaban J connectivity index is 2.31. The van der Waals surface area contributed by atoms with E-state index >= 15 is 0 Å². The molecule has 0 aliphatic heterocycles. The molecule has 158 valence electrons. The van der Waals surface area contributed by atoms with Crippen LogP contribution in [0.2, 0.25) is 0 Å². The lowest BCUT2D eigenvalue weighted by molar-refractivity contribution is -0.137. The lowest BCUT2D eigenvalue weighted by Crippen LogP contribution is -2.31. The summed E-state index contributed by atoms with van der Waals surface area (Å²) in [5, 5.41) is 0. The van der Waals surface area contributed by atoms with Crippen molar-refractivity contribution in [3.63, 3.8) is 0 Å². The van der Waals surface area contributed by atoms with E-state index in [1.54, 1.807) is 38.1 Å². The Morgan fingerprint density at radius 2 is 1.60 bits per heavy atom. The quantitative estimate of drug-likeness (QED) is 0.504. The van der Waals surface area contributed by atoms with Crippen LogP contribution >= 0.6 is 0 Å². The highest BCUT2D eigenvalue weighted by Crippen LogP contribution is 2.17. The lowest BCUT2D eigenvalue weighted by Gasteiger charge is -2.22. The van der Waals surface area contributed by atoms with E-state index in [0.717, 1.165) is 5.56 Å². The zero-order valence-corrected chi connectivity index (χ0v) is 17.2. The highest BCUT2D eigenvalue weighted by molar-refractivity contribution is 5.94. The predicted molar refractivity (Wildman–Crippen MR) is 113 cm³/mol. The molecule has 0 fully saturated rings. The largest absolute Gasteiger partial charge is 0.463 e. The lowest BCUT2D eigenvalue weighted by atomic mass is 10.0. The molecule has 2 aromatic carbocycles. The fourth-order valence-electron chi connectivity index (χ4n) is 2.83. The van der Waals surface area contributed by atoms with Gasteiger partial charge >= 0.3 is 12.1 Å². The van der Waals surface area contributed by atoms with E-state index in [-0.39, 0.29) is 25.3 Å². The van der Waals surface area contributed by atoms with Gasteiger partial charge < -0.3 is 15.2 Å². The Hall–Kier alpha value is -3.61. The van der Waals surface area contributed by atoms with Crippen molar-refractivity contribution in [3.05, 3.63) is 76.9 Å². The summed E-state index contributed by atoms with van der Waals surface area (Å²) in [5.74, 6) is -1.09. The molecule has 30 heavy (non-hydrogen) atoms. The number of nitrogens with two attached hydrogens (primary N) is 1. The van der Waals surface area contributed by atoms with Gasteiger partial charge in [-0.25, -0.2) is 9.59 Å². The van der Waals surface area contributed by atoms with Crippen LogP contribution in [0.3, 0.4) is 0 Å². The minimum absolute atomic E-state index is 0.203. The summed E-state index contributed by atoms with van der Waals surface area (Å²) in [6.07, 6.45) is 2.36. The fourth-order valence-corrected chi connectivity index (χ4v) is 2.83. The number of hydrogen-bond donors (Lipinski definition) is 1. The van der Waals surface area contributed by atoms with Crippen LogP contribution in [0, 0.1) is 0 Å². The topological polar surface area (TPSA) is 98.9 Å². The van der Waals surface area contributed by atoms with Crippen molar-refractivity contribution in [2.24, 2.45) is 5.73 Å². The van der Waals surface area contributed by atoms with E-state index in [9.17, 15) is 14.4 Å². The van der Waals surface area contributed by atoms with Crippen LogP contribution in [0.1, 0.15) is 40.9 Å². The van der Waals surface area contributed by atoms with Gasteiger partial charge in [-0.15, -0.1) is 0 Å². The molecule has 7 nitrogen and oxygen atoms in total. The van der Waals surface area contributed by atoms with Gasteiger partial charge in [-0.05, 0) is 54.8 Å². The second-order valence-corrected chi connectivity index (χ2v) is 6.45. The van der Waals surface area contributed by atoms with Crippen LogP contribution in [-0.2, 0) is 27.4 Å². The third-order valence-electron chi connectivity index (χ3n) is 4.11. The first kappa shape index (κ1) is 22.7. The molecular formula is C23H26N2O5. The van der Waals surface area contributed by atoms with Gasteiger partial charge in [-0.1, -0.05) is 30.3 Å². The summed E-state index contributed by atoms with van der Waals surface area (Å²) in [6.45, 7) is 4.52. The molecule has 2 aromatic rings. The molecule has 0 aliphatic carbocycles. The molecule has 0 unspecified atom stereocenters. The Morgan fingerprint density at radius 3 is 2.23 bits per heavy atom. The summed E-state index contributed by atoms with van der Waals surface area (Å²) in [5.41, 5.74) is 7.95. The molecule has 0 aliphatic rings. The monoisotopic (exact) mass is 410 g/mol. The van der Waals surface area contributed by atoms with E-state index in [2.05, 4.69) is 0 Å². The SMILES string of the molecule is CCOC(=O)/C=C/c1cc(CN(Cc2ccccc2)C(=O)OCC)cc(C(N)=O)c1. The minimum atomic E-state index is -0.603. The van der Waals surface area contributed by atoms with Gasteiger partial charge in [0.2, 0.25) is 5.91 Å². The van der Waals surface area contributed by atoms with Gasteiger partial charge in [0.25, 0.3) is 0 Å². The van der Waals surface area contributed by atoms with Crippen LogP contribution in [0.5, 0.6) is 0 Å². The van der Waals surface area contributed by atoms with E-state index in [0.29, 0.717) is 17.7 Å². The fraction of sp³-hybridized carbons (Fsp3) is 0.261. The molecule has 0 saturated carbocycles. The third kappa shape index (κ3) is 7.09. The number of ether oxygens (including phenoxy) is 2. The molecule has 0 atom stereocenters. The van der Waals surface area contributed by atoms with Gasteiger partial charge in [0.1, 0.15) is 0 Å². The van der Waals surface area contributed by atoms with Crippen LogP contribution in [-0.4, -0.2) is 36.1 Å². The highest BCUT2D eigenvalue weighted by Gasteiger charge is 2.17. The van der Waals surface area contributed by atoms with Crippen molar-refractivity contribution < 1.29 is 23.9 Å².